The zero-order valence-electron chi connectivity index (χ0n) is 56.2. The van der Waals surface area contributed by atoms with Crippen molar-refractivity contribution in [1.29, 1.82) is 5.26 Å². The average Bonchev–Trinajstić information content (AvgIpc) is 0.776. The summed E-state index contributed by atoms with van der Waals surface area (Å²) in [6.07, 6.45) is 7.85. The molecule has 4 aliphatic heterocycles. The Morgan fingerprint density at radius 3 is 1.21 bits per heavy atom. The highest BCUT2D eigenvalue weighted by atomic mass is 32.3. The van der Waals surface area contributed by atoms with Crippen molar-refractivity contribution in [2.75, 3.05) is 79.6 Å². The van der Waals surface area contributed by atoms with Crippen LogP contribution in [-0.4, -0.2) is 164 Å². The summed E-state index contributed by atoms with van der Waals surface area (Å²) >= 11 is 0. The summed E-state index contributed by atoms with van der Waals surface area (Å²) in [5.41, 5.74) is 9.09. The molecular weight excluding hydrogens is 1340 g/mol. The van der Waals surface area contributed by atoms with Gasteiger partial charge in [0.2, 0.25) is 53.7 Å². The fraction of sp³-hybridized carbons (Fsp3) is 0.208. The van der Waals surface area contributed by atoms with Crippen molar-refractivity contribution < 1.29 is 63.4 Å². The molecule has 4 amide bonds. The molecule has 12 rings (SSSR count). The quantitative estimate of drug-likeness (QED) is 0.0656. The van der Waals surface area contributed by atoms with Crippen molar-refractivity contribution in [1.82, 2.24) is 19.6 Å². The number of amides is 4. The molecule has 4 aliphatic rings. The SMILES string of the molecule is C=CC(=O)N1CC(Oc2cccc(-c3ccccc3C#N)c2)C1.C=CC(=O)N1CC(Oc2cccc(-c3ccccc3N(S(C)(=O)=O)S(C)(=O)=O)c2)C1.C=CC(=O)N1CC(Oc2cccc(-c3ccccc3NS(C)(=O)=O)c2)C1.C=CC(=O)N1CC(Oc2ccccc2-c2ccc(C)cc2)C1. The van der Waals surface area contributed by atoms with Gasteiger partial charge >= 0.3 is 0 Å². The fourth-order valence-corrected chi connectivity index (χ4v) is 14.7. The molecule has 1 N–H and O–H groups in total. The van der Waals surface area contributed by atoms with Crippen LogP contribution in [0.1, 0.15) is 11.1 Å². The number of likely N-dealkylation sites (tertiary alicyclic amines) is 4. The Labute approximate surface area is 590 Å². The van der Waals surface area contributed by atoms with E-state index in [9.17, 15) is 49.7 Å². The molecule has 21 nitrogen and oxygen atoms in total. The summed E-state index contributed by atoms with van der Waals surface area (Å²) in [5.74, 6) is 2.45. The number of ether oxygens (including phenoxy) is 4. The van der Waals surface area contributed by atoms with Crippen LogP contribution in [0.4, 0.5) is 11.4 Å². The first-order chi connectivity index (χ1) is 48.2. The second-order valence-electron chi connectivity index (χ2n) is 24.0. The first-order valence-electron chi connectivity index (χ1n) is 31.9. The Bertz CT molecular complexity index is 4760. The third kappa shape index (κ3) is 19.8. The van der Waals surface area contributed by atoms with Gasteiger partial charge in [0.25, 0.3) is 0 Å². The lowest BCUT2D eigenvalue weighted by molar-refractivity contribution is -0.135. The average molecular weight is 1420 g/mol. The van der Waals surface area contributed by atoms with E-state index < -0.39 is 30.1 Å². The van der Waals surface area contributed by atoms with Gasteiger partial charge in [-0.25, -0.2) is 25.3 Å². The number of nitrogens with one attached hydrogen (secondary N) is 1. The number of carbonyl (C=O) groups excluding carboxylic acids is 4. The standard InChI is InChI=1S/C20H22N2O6S2.C19H20N2O4S.C19H16N2O2.C19H19NO2/c1-4-20(23)21-13-17(14-21)28-16-9-7-8-15(12-16)18-10-5-6-11-19(18)22(29(2,24)25)30(3,26)27;1-3-19(22)21-12-16(13-21)25-15-8-6-7-14(11-15)17-9-4-5-10-18(17)20-26(2,23)24;1-2-19(22)21-12-17(13-21)23-16-8-5-7-14(10-16)18-9-4-3-6-15(18)11-20;1-3-19(21)20-12-16(13-20)22-18-7-5-4-6-17(18)15-10-8-14(2)9-11-15/h4-12,17H,1,13-14H2,2-3H3;3-11,16,20H,1,12-13H2,2H3;2-10,17H,1,12-13H2;3-11,16H,1,12-13H2,2H3. The van der Waals surface area contributed by atoms with E-state index in [2.05, 4.69) is 74.4 Å². The number of nitriles is 1. The van der Waals surface area contributed by atoms with Crippen LogP contribution in [0.2, 0.25) is 0 Å². The molecule has 0 atom stereocenters. The summed E-state index contributed by atoms with van der Waals surface area (Å²) < 4.78 is 98.7. The number of hydrogen-bond acceptors (Lipinski definition) is 15. The van der Waals surface area contributed by atoms with Crippen molar-refractivity contribution >= 4 is 65.1 Å². The highest BCUT2D eigenvalue weighted by molar-refractivity contribution is 8.09. The van der Waals surface area contributed by atoms with E-state index in [0.717, 1.165) is 63.6 Å². The van der Waals surface area contributed by atoms with Gasteiger partial charge < -0.3 is 38.5 Å². The minimum absolute atomic E-state index is 0.000334. The first-order valence-corrected chi connectivity index (χ1v) is 37.5. The van der Waals surface area contributed by atoms with E-state index >= 15 is 0 Å². The van der Waals surface area contributed by atoms with Crippen LogP contribution in [0.15, 0.2) is 245 Å². The van der Waals surface area contributed by atoms with Crippen LogP contribution in [0.5, 0.6) is 23.0 Å². The molecule has 8 aromatic rings. The Balaban J connectivity index is 0.000000158. The maximum absolute atomic E-state index is 12.2. The Morgan fingerprint density at radius 2 is 0.792 bits per heavy atom. The van der Waals surface area contributed by atoms with Crippen molar-refractivity contribution in [2.24, 2.45) is 0 Å². The van der Waals surface area contributed by atoms with Crippen LogP contribution in [0.3, 0.4) is 0 Å². The van der Waals surface area contributed by atoms with Gasteiger partial charge in [-0.05, 0) is 120 Å². The lowest BCUT2D eigenvalue weighted by Gasteiger charge is -2.38. The number of sulfonamides is 3. The highest BCUT2D eigenvalue weighted by Gasteiger charge is 2.35. The Hall–Kier alpha value is -11.3. The predicted octanol–water partition coefficient (Wildman–Crippen LogP) is 10.8. The molecule has 0 saturated carbocycles. The van der Waals surface area contributed by atoms with Gasteiger partial charge in [-0.15, -0.1) is 0 Å². The number of hydrogen-bond donors (Lipinski definition) is 1. The number of nitrogens with zero attached hydrogens (tertiary/aromatic N) is 6. The second kappa shape index (κ2) is 33.1. The van der Waals surface area contributed by atoms with E-state index in [1.54, 1.807) is 80.3 Å². The van der Waals surface area contributed by atoms with Gasteiger partial charge in [0.15, 0.2) is 0 Å². The minimum atomic E-state index is -4.08. The van der Waals surface area contributed by atoms with Crippen molar-refractivity contribution in [3.05, 3.63) is 256 Å². The van der Waals surface area contributed by atoms with E-state index in [-0.39, 0.29) is 53.7 Å². The number of benzene rings is 8. The Morgan fingerprint density at radius 1 is 0.436 bits per heavy atom. The number of para-hydroxylation sites is 3. The molecule has 4 saturated heterocycles. The van der Waals surface area contributed by atoms with Crippen molar-refractivity contribution in [2.45, 2.75) is 31.3 Å². The molecule has 101 heavy (non-hydrogen) atoms. The summed E-state index contributed by atoms with van der Waals surface area (Å²) in [7, 11) is -11.5. The largest absolute Gasteiger partial charge is 0.487 e. The minimum Gasteiger partial charge on any atom is -0.487 e. The molecule has 8 aromatic carbocycles. The summed E-state index contributed by atoms with van der Waals surface area (Å²) in [5, 5.41) is 9.22. The predicted molar refractivity (Wildman–Crippen MR) is 392 cm³/mol. The van der Waals surface area contributed by atoms with Gasteiger partial charge in [0.1, 0.15) is 47.4 Å². The topological polar surface area (TPSA) is 260 Å². The van der Waals surface area contributed by atoms with E-state index in [0.29, 0.717) is 89.9 Å². The molecule has 0 bridgehead atoms. The molecule has 0 aliphatic carbocycles. The van der Waals surface area contributed by atoms with Crippen LogP contribution in [0, 0.1) is 18.3 Å². The van der Waals surface area contributed by atoms with Gasteiger partial charge in [0.05, 0.1) is 94.1 Å². The van der Waals surface area contributed by atoms with E-state index in [1.807, 2.05) is 97.1 Å². The van der Waals surface area contributed by atoms with Crippen LogP contribution < -0.4 is 27.4 Å². The van der Waals surface area contributed by atoms with Gasteiger partial charge in [-0.1, -0.05) is 165 Å². The van der Waals surface area contributed by atoms with Crippen LogP contribution in [0.25, 0.3) is 44.5 Å². The molecule has 522 valence electrons. The fourth-order valence-electron chi connectivity index (χ4n) is 11.1. The summed E-state index contributed by atoms with van der Waals surface area (Å²) in [4.78, 5) is 52.6. The highest BCUT2D eigenvalue weighted by Crippen LogP contribution is 2.37. The lowest BCUT2D eigenvalue weighted by Crippen LogP contribution is -2.55. The molecular formula is C77H77N7O14S3. The number of carbonyl (C=O) groups is 4. The zero-order valence-corrected chi connectivity index (χ0v) is 58.7. The van der Waals surface area contributed by atoms with Gasteiger partial charge in [-0.2, -0.15) is 8.97 Å². The van der Waals surface area contributed by atoms with E-state index in [1.165, 1.54) is 35.9 Å². The van der Waals surface area contributed by atoms with E-state index in [4.69, 9.17) is 18.9 Å². The van der Waals surface area contributed by atoms with Crippen LogP contribution in [-0.2, 0) is 49.2 Å². The number of aryl methyl sites for hydroxylation is 1. The molecule has 0 unspecified atom stereocenters. The molecule has 4 heterocycles. The first kappa shape index (κ1) is 74.0. The van der Waals surface area contributed by atoms with Crippen molar-refractivity contribution in [3.63, 3.8) is 0 Å². The lowest BCUT2D eigenvalue weighted by atomic mass is 10.0. The van der Waals surface area contributed by atoms with Crippen molar-refractivity contribution in [3.8, 4) is 73.6 Å². The third-order valence-corrected chi connectivity index (χ3v) is 20.0. The molecule has 0 spiro atoms. The smallest absolute Gasteiger partial charge is 0.246 e. The third-order valence-electron chi connectivity index (χ3n) is 16.2. The maximum atomic E-state index is 12.2. The van der Waals surface area contributed by atoms with Gasteiger partial charge in [0, 0.05) is 16.7 Å². The Kier molecular flexibility index (Phi) is 24.2. The monoisotopic (exact) mass is 1420 g/mol. The second-order valence-corrected chi connectivity index (χ2v) is 29.7. The molecule has 0 aromatic heterocycles. The maximum Gasteiger partial charge on any atom is 0.246 e. The summed E-state index contributed by atoms with van der Waals surface area (Å²) in [6.45, 7) is 20.3. The van der Waals surface area contributed by atoms with Crippen LogP contribution >= 0.6 is 0 Å². The number of rotatable bonds is 21. The van der Waals surface area contributed by atoms with Gasteiger partial charge in [-0.3, -0.25) is 23.9 Å². The summed E-state index contributed by atoms with van der Waals surface area (Å²) in [6, 6.07) is 61.7. The zero-order chi connectivity index (χ0) is 72.6. The number of anilines is 2. The normalized spacial score (nSPS) is 14.3. The molecule has 0 radical (unpaired) electrons. The molecule has 4 fully saturated rings. The molecule has 24 heteroatoms.